The van der Waals surface area contributed by atoms with Crippen LogP contribution in [0.25, 0.3) is 0 Å². The molecule has 0 aromatic heterocycles. The Kier molecular flexibility index (Phi) is 15.4. The molecule has 0 radical (unpaired) electrons. The zero-order valence-corrected chi connectivity index (χ0v) is 39.8. The Morgan fingerprint density at radius 1 is 0.429 bits per heavy atom. The van der Waals surface area contributed by atoms with E-state index in [0.29, 0.717) is 22.6 Å². The molecule has 0 saturated carbocycles. The number of phenolic OH excluding ortho intramolecular Hbond substituents is 2. The SMILES string of the molecule is CC(C)(C)c1cc(CC(=O)C(=O)OCCOc2ccc(C(C)(C)c3ccc(OCCOC(=O)C(=O)Cc4cc(C(C)(C)C)c(O)c(C(C)(C)C)c4)cc3)cc2)cc(C(C)(C)C)c1O. The summed E-state index contributed by atoms with van der Waals surface area (Å²) in [5, 5.41) is 22.0. The Hall–Kier alpha value is -5.64. The van der Waals surface area contributed by atoms with Gasteiger partial charge in [-0.05, 0) is 90.4 Å². The maximum atomic E-state index is 12.8. The van der Waals surface area contributed by atoms with E-state index in [4.69, 9.17) is 18.9 Å². The third kappa shape index (κ3) is 13.2. The lowest BCUT2D eigenvalue weighted by molar-refractivity contribution is -0.154. The fraction of sp³-hybridized carbons (Fsp3) is 0.472. The fourth-order valence-electron chi connectivity index (χ4n) is 7.25. The maximum Gasteiger partial charge on any atom is 0.375 e. The molecule has 4 aromatic rings. The standard InChI is InChI=1S/C53H68O10/c1-49(2,3)39-27-33(28-40(45(39)56)50(4,5)6)31-43(54)47(58)62-25-23-60-37-19-15-35(16-20-37)53(13,14)36-17-21-38(22-18-36)61-24-26-63-48(59)44(55)32-34-29-41(51(7,8)9)46(57)42(30-34)52(10,11)12/h15-22,27-30,56-57H,23-26,31-32H2,1-14H3. The molecule has 0 heterocycles. The van der Waals surface area contributed by atoms with Crippen LogP contribution in [0.1, 0.15) is 141 Å². The number of aromatic hydroxyl groups is 2. The minimum Gasteiger partial charge on any atom is -0.507 e. The van der Waals surface area contributed by atoms with E-state index in [-0.39, 0.29) is 77.8 Å². The third-order valence-electron chi connectivity index (χ3n) is 11.1. The number of benzene rings is 4. The second kappa shape index (κ2) is 19.4. The average molecular weight is 865 g/mol. The Morgan fingerprint density at radius 2 is 0.698 bits per heavy atom. The largest absolute Gasteiger partial charge is 0.507 e. The van der Waals surface area contributed by atoms with Gasteiger partial charge >= 0.3 is 11.9 Å². The maximum absolute atomic E-state index is 12.8. The zero-order valence-electron chi connectivity index (χ0n) is 39.8. The molecule has 4 rings (SSSR count). The number of carbonyl (C=O) groups is 4. The van der Waals surface area contributed by atoms with Crippen molar-refractivity contribution in [2.45, 2.75) is 137 Å². The fourth-order valence-corrected chi connectivity index (χ4v) is 7.25. The zero-order chi connectivity index (χ0) is 47.3. The van der Waals surface area contributed by atoms with Crippen LogP contribution in [-0.4, -0.2) is 60.1 Å². The summed E-state index contributed by atoms with van der Waals surface area (Å²) >= 11 is 0. The third-order valence-corrected chi connectivity index (χ3v) is 11.1. The predicted octanol–water partition coefficient (Wildman–Crippen LogP) is 10.1. The van der Waals surface area contributed by atoms with E-state index < -0.39 is 23.5 Å². The van der Waals surface area contributed by atoms with Crippen molar-refractivity contribution in [1.29, 1.82) is 0 Å². The molecule has 0 aliphatic rings. The predicted molar refractivity (Wildman–Crippen MR) is 246 cm³/mol. The van der Waals surface area contributed by atoms with Crippen molar-refractivity contribution in [3.05, 3.63) is 117 Å². The van der Waals surface area contributed by atoms with Crippen molar-refractivity contribution in [3.63, 3.8) is 0 Å². The van der Waals surface area contributed by atoms with Gasteiger partial charge in [-0.3, -0.25) is 9.59 Å². The molecule has 0 bridgehead atoms. The molecule has 10 nitrogen and oxygen atoms in total. The molecule has 340 valence electrons. The van der Waals surface area contributed by atoms with Gasteiger partial charge in [-0.25, -0.2) is 9.59 Å². The van der Waals surface area contributed by atoms with Crippen LogP contribution in [0, 0.1) is 0 Å². The van der Waals surface area contributed by atoms with Crippen molar-refractivity contribution in [3.8, 4) is 23.0 Å². The summed E-state index contributed by atoms with van der Waals surface area (Å²) in [5.74, 6) is -1.62. The molecule has 2 N–H and O–H groups in total. The van der Waals surface area contributed by atoms with E-state index >= 15 is 0 Å². The second-order valence-electron chi connectivity index (χ2n) is 20.9. The molecule has 0 unspecified atom stereocenters. The van der Waals surface area contributed by atoms with E-state index in [1.165, 1.54) is 0 Å². The number of hydrogen-bond acceptors (Lipinski definition) is 10. The number of hydrogen-bond donors (Lipinski definition) is 2. The number of esters is 2. The molecular weight excluding hydrogens is 797 g/mol. The molecule has 0 fully saturated rings. The summed E-state index contributed by atoms with van der Waals surface area (Å²) in [5.41, 5.74) is 4.41. The van der Waals surface area contributed by atoms with Gasteiger partial charge in [-0.1, -0.05) is 145 Å². The molecule has 0 atom stereocenters. The normalized spacial score (nSPS) is 12.4. The van der Waals surface area contributed by atoms with E-state index in [1.807, 2.05) is 132 Å². The van der Waals surface area contributed by atoms with Crippen LogP contribution in [0.2, 0.25) is 0 Å². The first-order chi connectivity index (χ1) is 29.0. The topological polar surface area (TPSA) is 146 Å². The highest BCUT2D eigenvalue weighted by molar-refractivity contribution is 6.34. The summed E-state index contributed by atoms with van der Waals surface area (Å²) in [6.45, 7) is 28.0. The van der Waals surface area contributed by atoms with Crippen molar-refractivity contribution < 1.29 is 48.3 Å². The van der Waals surface area contributed by atoms with Crippen LogP contribution in [-0.2, 0) is 68.6 Å². The van der Waals surface area contributed by atoms with Gasteiger partial charge in [-0.2, -0.15) is 0 Å². The van der Waals surface area contributed by atoms with Crippen LogP contribution in [0.3, 0.4) is 0 Å². The monoisotopic (exact) mass is 864 g/mol. The lowest BCUT2D eigenvalue weighted by Gasteiger charge is -2.28. The van der Waals surface area contributed by atoms with Gasteiger partial charge in [-0.15, -0.1) is 0 Å². The number of ketones is 2. The van der Waals surface area contributed by atoms with Gasteiger partial charge in [0.15, 0.2) is 0 Å². The highest BCUT2D eigenvalue weighted by atomic mass is 16.6. The molecule has 0 amide bonds. The van der Waals surface area contributed by atoms with Crippen molar-refractivity contribution in [1.82, 2.24) is 0 Å². The Bertz CT molecular complexity index is 2040. The molecule has 0 saturated heterocycles. The second-order valence-corrected chi connectivity index (χ2v) is 20.9. The first-order valence-corrected chi connectivity index (χ1v) is 21.6. The minimum atomic E-state index is -0.933. The van der Waals surface area contributed by atoms with Gasteiger partial charge in [0.2, 0.25) is 11.6 Å². The summed E-state index contributed by atoms with van der Waals surface area (Å²) in [7, 11) is 0. The summed E-state index contributed by atoms with van der Waals surface area (Å²) in [6, 6.07) is 22.4. The number of Topliss-reactive ketones (excluding diaryl/α,β-unsaturated/α-hetero) is 2. The van der Waals surface area contributed by atoms with Gasteiger partial charge in [0.05, 0.1) is 0 Å². The summed E-state index contributed by atoms with van der Waals surface area (Å²) < 4.78 is 22.1. The molecule has 10 heteroatoms. The van der Waals surface area contributed by atoms with Gasteiger partial charge < -0.3 is 29.2 Å². The first kappa shape index (κ1) is 50.0. The van der Waals surface area contributed by atoms with Crippen LogP contribution >= 0.6 is 0 Å². The van der Waals surface area contributed by atoms with Gasteiger partial charge in [0, 0.05) is 18.3 Å². The number of phenols is 2. The summed E-state index contributed by atoms with van der Waals surface area (Å²) in [4.78, 5) is 50.9. The van der Waals surface area contributed by atoms with E-state index in [1.54, 1.807) is 24.3 Å². The lowest BCUT2D eigenvalue weighted by Crippen LogP contribution is -2.23. The van der Waals surface area contributed by atoms with E-state index in [9.17, 15) is 29.4 Å². The molecule has 0 spiro atoms. The van der Waals surface area contributed by atoms with Crippen LogP contribution < -0.4 is 9.47 Å². The Morgan fingerprint density at radius 3 is 0.952 bits per heavy atom. The first-order valence-electron chi connectivity index (χ1n) is 21.6. The highest BCUT2D eigenvalue weighted by Crippen LogP contribution is 2.41. The van der Waals surface area contributed by atoms with Crippen LogP contribution in [0.4, 0.5) is 0 Å². The molecule has 4 aromatic carbocycles. The average Bonchev–Trinajstić information content (AvgIpc) is 3.17. The minimum absolute atomic E-state index is 0.0664. The number of rotatable bonds is 16. The van der Waals surface area contributed by atoms with Crippen molar-refractivity contribution in [2.24, 2.45) is 0 Å². The van der Waals surface area contributed by atoms with Crippen LogP contribution in [0.5, 0.6) is 23.0 Å². The highest BCUT2D eigenvalue weighted by Gasteiger charge is 2.30. The van der Waals surface area contributed by atoms with Crippen molar-refractivity contribution in [2.75, 3.05) is 26.4 Å². The van der Waals surface area contributed by atoms with Gasteiger partial charge in [0.25, 0.3) is 0 Å². The number of carbonyl (C=O) groups excluding carboxylic acids is 4. The van der Waals surface area contributed by atoms with E-state index in [0.717, 1.165) is 33.4 Å². The van der Waals surface area contributed by atoms with E-state index in [2.05, 4.69) is 13.8 Å². The van der Waals surface area contributed by atoms with Crippen LogP contribution in [0.15, 0.2) is 72.8 Å². The Balaban J connectivity index is 1.23. The molecule has 63 heavy (non-hydrogen) atoms. The quantitative estimate of drug-likeness (QED) is 0.0634. The molecular formula is C53H68O10. The van der Waals surface area contributed by atoms with Crippen molar-refractivity contribution >= 4 is 23.5 Å². The summed E-state index contributed by atoms with van der Waals surface area (Å²) in [6.07, 6.45) is -0.274. The smallest absolute Gasteiger partial charge is 0.375 e. The van der Waals surface area contributed by atoms with Gasteiger partial charge in [0.1, 0.15) is 49.4 Å². The Labute approximate surface area is 374 Å². The lowest BCUT2D eigenvalue weighted by atomic mass is 9.78. The number of ether oxygens (including phenoxy) is 4. The molecule has 0 aliphatic carbocycles. The molecule has 0 aliphatic heterocycles.